The number of rotatable bonds is 12. The summed E-state index contributed by atoms with van der Waals surface area (Å²) in [5.74, 6) is -4.32. The normalized spacial score (nSPS) is 20.1. The van der Waals surface area contributed by atoms with Gasteiger partial charge < -0.3 is 33.7 Å². The van der Waals surface area contributed by atoms with E-state index in [-0.39, 0.29) is 12.4 Å². The van der Waals surface area contributed by atoms with Gasteiger partial charge in [-0.15, -0.1) is 5.10 Å². The van der Waals surface area contributed by atoms with Crippen LogP contribution < -0.4 is 5.32 Å². The first-order valence-corrected chi connectivity index (χ1v) is 12.0. The zero-order valence-electron chi connectivity index (χ0n) is 22.9. The van der Waals surface area contributed by atoms with Crippen molar-refractivity contribution in [2.45, 2.75) is 71.6 Å². The van der Waals surface area contributed by atoms with E-state index in [4.69, 9.17) is 28.4 Å². The van der Waals surface area contributed by atoms with Crippen LogP contribution in [0.5, 0.6) is 0 Å². The lowest BCUT2D eigenvalue weighted by Gasteiger charge is -2.41. The van der Waals surface area contributed by atoms with Crippen LogP contribution in [0, 0.1) is 5.92 Å². The van der Waals surface area contributed by atoms with Gasteiger partial charge in [-0.05, 0) is 6.08 Å². The molecule has 15 heteroatoms. The Labute approximate surface area is 225 Å². The Kier molecular flexibility index (Phi) is 11.4. The van der Waals surface area contributed by atoms with Gasteiger partial charge in [0.05, 0.1) is 32.0 Å². The number of hydrogen-bond donors (Lipinski definition) is 1. The van der Waals surface area contributed by atoms with Crippen molar-refractivity contribution in [3.8, 4) is 0 Å². The van der Waals surface area contributed by atoms with Gasteiger partial charge in [0.25, 0.3) is 0 Å². The lowest BCUT2D eigenvalue weighted by atomic mass is 9.91. The molecule has 1 aliphatic rings. The Morgan fingerprint density at radius 2 is 1.72 bits per heavy atom. The molecule has 1 aromatic heterocycles. The molecule has 2 rings (SSSR count). The fraction of sp³-hybridized carbons (Fsp3) is 0.625. The number of ether oxygens (including phenoxy) is 6. The van der Waals surface area contributed by atoms with Gasteiger partial charge in [0.2, 0.25) is 11.7 Å². The van der Waals surface area contributed by atoms with E-state index in [2.05, 4.69) is 15.6 Å². The van der Waals surface area contributed by atoms with E-state index in [1.54, 1.807) is 20.0 Å². The van der Waals surface area contributed by atoms with E-state index in [0.717, 1.165) is 27.9 Å². The Balaban J connectivity index is 2.71. The fourth-order valence-corrected chi connectivity index (χ4v) is 3.77. The van der Waals surface area contributed by atoms with Gasteiger partial charge in [0, 0.05) is 33.8 Å². The smallest absolute Gasteiger partial charge is 0.373 e. The topological polar surface area (TPSA) is 183 Å². The second-order valence-corrected chi connectivity index (χ2v) is 8.93. The molecular formula is C24H34N4O11. The van der Waals surface area contributed by atoms with Crippen molar-refractivity contribution in [1.29, 1.82) is 0 Å². The SMILES string of the molecule is COCc1cn([C@H]2C=C(C(=O)OC)O[C@@H]([C@H](OC(C)=O)C(COC(C)=O)OC(C)=O)[C@@H]2NC(=O)C(C)C)nn1. The maximum absolute atomic E-state index is 12.9. The molecule has 0 fully saturated rings. The zero-order chi connectivity index (χ0) is 29.3. The number of amides is 1. The number of nitrogens with zero attached hydrogens (tertiary/aromatic N) is 3. The second-order valence-electron chi connectivity index (χ2n) is 8.93. The van der Waals surface area contributed by atoms with Crippen molar-refractivity contribution < 1.29 is 52.4 Å². The first kappa shape index (κ1) is 31.2. The molecule has 1 aliphatic heterocycles. The number of carbonyl (C=O) groups excluding carboxylic acids is 5. The average molecular weight is 555 g/mol. The summed E-state index contributed by atoms with van der Waals surface area (Å²) in [5, 5.41) is 11.0. The predicted octanol–water partition coefficient (Wildman–Crippen LogP) is -0.0114. The maximum atomic E-state index is 12.9. The van der Waals surface area contributed by atoms with Crippen LogP contribution >= 0.6 is 0 Å². The fourth-order valence-electron chi connectivity index (χ4n) is 3.77. The molecule has 39 heavy (non-hydrogen) atoms. The number of aromatic nitrogens is 3. The van der Waals surface area contributed by atoms with E-state index in [1.807, 2.05) is 0 Å². The summed E-state index contributed by atoms with van der Waals surface area (Å²) in [4.78, 5) is 61.2. The van der Waals surface area contributed by atoms with Crippen molar-refractivity contribution in [3.63, 3.8) is 0 Å². The van der Waals surface area contributed by atoms with Crippen molar-refractivity contribution in [3.05, 3.63) is 23.7 Å². The van der Waals surface area contributed by atoms with Gasteiger partial charge in [-0.2, -0.15) is 0 Å². The third-order valence-electron chi connectivity index (χ3n) is 5.44. The Morgan fingerprint density at radius 1 is 1.05 bits per heavy atom. The van der Waals surface area contributed by atoms with Crippen LogP contribution in [-0.4, -0.2) is 90.0 Å². The number of nitrogens with one attached hydrogen (secondary N) is 1. The molecule has 0 aliphatic carbocycles. The highest BCUT2D eigenvalue weighted by atomic mass is 16.6. The highest BCUT2D eigenvalue weighted by Crippen LogP contribution is 2.32. The summed E-state index contributed by atoms with van der Waals surface area (Å²) in [5.41, 5.74) is 0.451. The van der Waals surface area contributed by atoms with Crippen molar-refractivity contribution in [2.24, 2.45) is 5.92 Å². The summed E-state index contributed by atoms with van der Waals surface area (Å²) in [6, 6.07) is -1.99. The number of hydrogen-bond acceptors (Lipinski definition) is 13. The van der Waals surface area contributed by atoms with Crippen LogP contribution in [0.25, 0.3) is 0 Å². The molecule has 0 radical (unpaired) electrons. The highest BCUT2D eigenvalue weighted by molar-refractivity contribution is 5.86. The first-order chi connectivity index (χ1) is 18.4. The number of esters is 4. The maximum Gasteiger partial charge on any atom is 0.373 e. The van der Waals surface area contributed by atoms with Crippen LogP contribution in [-0.2, 0) is 59.0 Å². The molecule has 0 spiro atoms. The van der Waals surface area contributed by atoms with Gasteiger partial charge in [0.1, 0.15) is 12.3 Å². The van der Waals surface area contributed by atoms with Gasteiger partial charge >= 0.3 is 23.9 Å². The van der Waals surface area contributed by atoms with Crippen LogP contribution in [0.4, 0.5) is 0 Å². The third kappa shape index (κ3) is 8.77. The summed E-state index contributed by atoms with van der Waals surface area (Å²) >= 11 is 0. The Hall–Kier alpha value is -4.01. The molecule has 1 aromatic rings. The summed E-state index contributed by atoms with van der Waals surface area (Å²) in [6.45, 7) is 6.31. The van der Waals surface area contributed by atoms with Gasteiger partial charge in [0.15, 0.2) is 18.3 Å². The largest absolute Gasteiger partial charge is 0.477 e. The minimum Gasteiger partial charge on any atom is -0.477 e. The minimum absolute atomic E-state index is 0.135. The highest BCUT2D eigenvalue weighted by Gasteiger charge is 2.49. The standard InChI is InChI=1S/C24H34N4O11/c1-12(2)23(32)25-20-17(28-9-16(10-34-6)26-27-28)8-18(24(33)35-7)39-22(20)21(38-15(5)31)19(37-14(4)30)11-36-13(3)29/h8-9,12,17,19-22H,10-11H2,1-7H3,(H,25,32)/t17-,19?,20+,21+,22+/m0/s1. The van der Waals surface area contributed by atoms with Crippen molar-refractivity contribution in [2.75, 3.05) is 20.8 Å². The van der Waals surface area contributed by atoms with Crippen LogP contribution in [0.2, 0.25) is 0 Å². The molecule has 2 heterocycles. The molecule has 5 atom stereocenters. The van der Waals surface area contributed by atoms with Crippen LogP contribution in [0.1, 0.15) is 46.4 Å². The summed E-state index contributed by atoms with van der Waals surface area (Å²) < 4.78 is 33.2. The Bertz CT molecular complexity index is 1080. The molecule has 0 saturated heterocycles. The van der Waals surface area contributed by atoms with Crippen LogP contribution in [0.3, 0.4) is 0 Å². The zero-order valence-corrected chi connectivity index (χ0v) is 22.9. The van der Waals surface area contributed by atoms with Gasteiger partial charge in [-0.1, -0.05) is 19.1 Å². The molecule has 15 nitrogen and oxygen atoms in total. The lowest BCUT2D eigenvalue weighted by Crippen LogP contribution is -2.60. The summed E-state index contributed by atoms with van der Waals surface area (Å²) in [7, 11) is 2.62. The molecule has 216 valence electrons. The molecule has 0 saturated carbocycles. The van der Waals surface area contributed by atoms with Crippen molar-refractivity contribution >= 4 is 29.8 Å². The van der Waals surface area contributed by atoms with E-state index in [0.29, 0.717) is 5.69 Å². The average Bonchev–Trinajstić information content (AvgIpc) is 3.33. The molecular weight excluding hydrogens is 520 g/mol. The molecule has 1 unspecified atom stereocenters. The van der Waals surface area contributed by atoms with E-state index >= 15 is 0 Å². The lowest BCUT2D eigenvalue weighted by molar-refractivity contribution is -0.188. The predicted molar refractivity (Wildman–Crippen MR) is 129 cm³/mol. The third-order valence-corrected chi connectivity index (χ3v) is 5.44. The van der Waals surface area contributed by atoms with E-state index < -0.39 is 72.7 Å². The molecule has 0 bridgehead atoms. The summed E-state index contributed by atoms with van der Waals surface area (Å²) in [6.07, 6.45) is -1.30. The van der Waals surface area contributed by atoms with E-state index in [9.17, 15) is 24.0 Å². The monoisotopic (exact) mass is 554 g/mol. The number of methoxy groups -OCH3 is 2. The van der Waals surface area contributed by atoms with Gasteiger partial charge in [-0.3, -0.25) is 19.2 Å². The molecule has 1 amide bonds. The van der Waals surface area contributed by atoms with Crippen molar-refractivity contribution in [1.82, 2.24) is 20.3 Å². The quantitative estimate of drug-likeness (QED) is 0.269. The first-order valence-electron chi connectivity index (χ1n) is 12.0. The number of carbonyl (C=O) groups is 5. The molecule has 0 aromatic carbocycles. The second kappa shape index (κ2) is 14.2. The van der Waals surface area contributed by atoms with Gasteiger partial charge in [-0.25, -0.2) is 9.48 Å². The minimum atomic E-state index is -1.47. The molecule has 1 N–H and O–H groups in total. The Morgan fingerprint density at radius 3 is 2.26 bits per heavy atom. The van der Waals surface area contributed by atoms with E-state index in [1.165, 1.54) is 17.9 Å². The van der Waals surface area contributed by atoms with Crippen LogP contribution in [0.15, 0.2) is 18.0 Å².